The highest BCUT2D eigenvalue weighted by molar-refractivity contribution is 7.99. The number of hydrogen-bond acceptors (Lipinski definition) is 3. The predicted molar refractivity (Wildman–Crippen MR) is 79.8 cm³/mol. The Bertz CT molecular complexity index is 432. The molecule has 1 amide bonds. The Morgan fingerprint density at radius 3 is 2.47 bits per heavy atom. The van der Waals surface area contributed by atoms with Gasteiger partial charge in [0, 0.05) is 11.8 Å². The lowest BCUT2D eigenvalue weighted by molar-refractivity contribution is -0.119. The van der Waals surface area contributed by atoms with Crippen LogP contribution in [0.3, 0.4) is 0 Å². The Labute approximate surface area is 119 Å². The second-order valence-electron chi connectivity index (χ2n) is 4.38. The van der Waals surface area contributed by atoms with Crippen molar-refractivity contribution in [3.05, 3.63) is 35.4 Å². The van der Waals surface area contributed by atoms with Crippen molar-refractivity contribution >= 4 is 17.7 Å². The molecule has 102 valence electrons. The molecule has 0 aliphatic heterocycles. The van der Waals surface area contributed by atoms with E-state index in [1.165, 1.54) is 0 Å². The minimum Gasteiger partial charge on any atom is -0.353 e. The van der Waals surface area contributed by atoms with Crippen LogP contribution in [-0.2, 0) is 10.5 Å². The van der Waals surface area contributed by atoms with Crippen LogP contribution >= 0.6 is 11.8 Å². The molecule has 0 saturated heterocycles. The second-order valence-corrected chi connectivity index (χ2v) is 5.37. The molecular weight excluding hydrogens is 256 g/mol. The molecule has 19 heavy (non-hydrogen) atoms. The third-order valence-corrected chi connectivity index (χ3v) is 3.94. The van der Waals surface area contributed by atoms with Crippen molar-refractivity contribution in [1.82, 2.24) is 5.32 Å². The van der Waals surface area contributed by atoms with Crippen LogP contribution in [0.1, 0.15) is 37.8 Å². The summed E-state index contributed by atoms with van der Waals surface area (Å²) < 4.78 is 0. The SMILES string of the molecule is CCC(CC)NC(=O)CSCc1ccc(C#N)cc1. The molecule has 0 fully saturated rings. The number of amides is 1. The lowest BCUT2D eigenvalue weighted by Gasteiger charge is -2.14. The largest absolute Gasteiger partial charge is 0.353 e. The molecule has 3 nitrogen and oxygen atoms in total. The first-order valence-electron chi connectivity index (χ1n) is 6.55. The Hall–Kier alpha value is -1.47. The van der Waals surface area contributed by atoms with Gasteiger partial charge in [0.15, 0.2) is 0 Å². The Morgan fingerprint density at radius 1 is 1.32 bits per heavy atom. The van der Waals surface area contributed by atoms with Gasteiger partial charge in [0.05, 0.1) is 17.4 Å². The number of benzene rings is 1. The molecule has 0 saturated carbocycles. The summed E-state index contributed by atoms with van der Waals surface area (Å²) in [5.41, 5.74) is 1.81. The van der Waals surface area contributed by atoms with Crippen LogP contribution in [0.25, 0.3) is 0 Å². The number of nitriles is 1. The standard InChI is InChI=1S/C15H20N2OS/c1-3-14(4-2)17-15(18)11-19-10-13-7-5-12(9-16)6-8-13/h5-8,14H,3-4,10-11H2,1-2H3,(H,17,18). The molecule has 1 aromatic carbocycles. The Morgan fingerprint density at radius 2 is 1.95 bits per heavy atom. The normalized spacial score (nSPS) is 10.2. The van der Waals surface area contributed by atoms with Crippen LogP contribution in [0.5, 0.6) is 0 Å². The highest BCUT2D eigenvalue weighted by Gasteiger charge is 2.08. The molecule has 4 heteroatoms. The lowest BCUT2D eigenvalue weighted by Crippen LogP contribution is -2.35. The van der Waals surface area contributed by atoms with E-state index in [0.717, 1.165) is 24.2 Å². The summed E-state index contributed by atoms with van der Waals surface area (Å²) in [5, 5.41) is 11.7. The van der Waals surface area contributed by atoms with Crippen molar-refractivity contribution < 1.29 is 4.79 Å². The molecule has 0 heterocycles. The van der Waals surface area contributed by atoms with E-state index in [1.807, 2.05) is 12.1 Å². The van der Waals surface area contributed by atoms with E-state index in [1.54, 1.807) is 23.9 Å². The number of carbonyl (C=O) groups excluding carboxylic acids is 1. The molecule has 1 N–H and O–H groups in total. The number of hydrogen-bond donors (Lipinski definition) is 1. The fourth-order valence-corrected chi connectivity index (χ4v) is 2.50. The molecular formula is C15H20N2OS. The topological polar surface area (TPSA) is 52.9 Å². The number of rotatable bonds is 7. The molecule has 0 radical (unpaired) electrons. The van der Waals surface area contributed by atoms with E-state index in [4.69, 9.17) is 5.26 Å². The number of nitrogens with zero attached hydrogens (tertiary/aromatic N) is 1. The van der Waals surface area contributed by atoms with Crippen LogP contribution in [0.15, 0.2) is 24.3 Å². The average Bonchev–Trinajstić information content (AvgIpc) is 2.45. The highest BCUT2D eigenvalue weighted by Crippen LogP contribution is 2.13. The first-order chi connectivity index (χ1) is 9.19. The Kier molecular flexibility index (Phi) is 7.06. The summed E-state index contributed by atoms with van der Waals surface area (Å²) in [6, 6.07) is 9.87. The van der Waals surface area contributed by atoms with Gasteiger partial charge in [-0.05, 0) is 30.5 Å². The van der Waals surface area contributed by atoms with Crippen LogP contribution in [0.4, 0.5) is 0 Å². The van der Waals surface area contributed by atoms with Gasteiger partial charge in [0.1, 0.15) is 0 Å². The number of carbonyl (C=O) groups is 1. The second kappa shape index (κ2) is 8.60. The van der Waals surface area contributed by atoms with Gasteiger partial charge in [0.2, 0.25) is 5.91 Å². The van der Waals surface area contributed by atoms with Gasteiger partial charge in [-0.2, -0.15) is 5.26 Å². The van der Waals surface area contributed by atoms with Gasteiger partial charge >= 0.3 is 0 Å². The predicted octanol–water partition coefficient (Wildman–Crippen LogP) is 3.10. The van der Waals surface area contributed by atoms with Crippen molar-refractivity contribution in [3.63, 3.8) is 0 Å². The van der Waals surface area contributed by atoms with Crippen molar-refractivity contribution in [2.24, 2.45) is 0 Å². The van der Waals surface area contributed by atoms with Gasteiger partial charge < -0.3 is 5.32 Å². The van der Waals surface area contributed by atoms with Crippen molar-refractivity contribution in [2.45, 2.75) is 38.5 Å². The van der Waals surface area contributed by atoms with Crippen molar-refractivity contribution in [3.8, 4) is 6.07 Å². The zero-order valence-electron chi connectivity index (χ0n) is 11.5. The number of thioether (sulfide) groups is 1. The maximum Gasteiger partial charge on any atom is 0.230 e. The quantitative estimate of drug-likeness (QED) is 0.832. The zero-order chi connectivity index (χ0) is 14.1. The summed E-state index contributed by atoms with van der Waals surface area (Å²) in [6.07, 6.45) is 1.95. The zero-order valence-corrected chi connectivity index (χ0v) is 12.3. The van der Waals surface area contributed by atoms with Crippen LogP contribution in [0, 0.1) is 11.3 Å². The fraction of sp³-hybridized carbons (Fsp3) is 0.467. The van der Waals surface area contributed by atoms with Crippen molar-refractivity contribution in [1.29, 1.82) is 5.26 Å². The summed E-state index contributed by atoms with van der Waals surface area (Å²) in [4.78, 5) is 11.7. The fourth-order valence-electron chi connectivity index (χ4n) is 1.70. The summed E-state index contributed by atoms with van der Waals surface area (Å²) >= 11 is 1.60. The average molecular weight is 276 g/mol. The smallest absolute Gasteiger partial charge is 0.230 e. The molecule has 0 aromatic heterocycles. The third kappa shape index (κ3) is 5.80. The van der Waals surface area contributed by atoms with E-state index in [9.17, 15) is 4.79 Å². The van der Waals surface area contributed by atoms with E-state index in [0.29, 0.717) is 17.4 Å². The van der Waals surface area contributed by atoms with Gasteiger partial charge in [-0.15, -0.1) is 11.8 Å². The van der Waals surface area contributed by atoms with Crippen LogP contribution in [-0.4, -0.2) is 17.7 Å². The third-order valence-electron chi connectivity index (χ3n) is 2.94. The molecule has 0 unspecified atom stereocenters. The van der Waals surface area contributed by atoms with E-state index < -0.39 is 0 Å². The highest BCUT2D eigenvalue weighted by atomic mass is 32.2. The molecule has 0 atom stereocenters. The maximum absolute atomic E-state index is 11.7. The summed E-state index contributed by atoms with van der Waals surface area (Å²) in [7, 11) is 0. The molecule has 1 rings (SSSR count). The van der Waals surface area contributed by atoms with Crippen LogP contribution in [0.2, 0.25) is 0 Å². The first kappa shape index (κ1) is 15.6. The lowest BCUT2D eigenvalue weighted by atomic mass is 10.2. The van der Waals surface area contributed by atoms with Gasteiger partial charge in [-0.25, -0.2) is 0 Å². The molecule has 0 spiro atoms. The first-order valence-corrected chi connectivity index (χ1v) is 7.71. The van der Waals surface area contributed by atoms with E-state index in [2.05, 4.69) is 25.2 Å². The van der Waals surface area contributed by atoms with Crippen molar-refractivity contribution in [2.75, 3.05) is 5.75 Å². The van der Waals surface area contributed by atoms with E-state index >= 15 is 0 Å². The number of nitrogens with one attached hydrogen (secondary N) is 1. The van der Waals surface area contributed by atoms with Gasteiger partial charge in [0.25, 0.3) is 0 Å². The molecule has 1 aromatic rings. The van der Waals surface area contributed by atoms with Crippen LogP contribution < -0.4 is 5.32 Å². The molecule has 0 aliphatic carbocycles. The molecule has 0 bridgehead atoms. The minimum atomic E-state index is 0.104. The summed E-state index contributed by atoms with van der Waals surface area (Å²) in [5.74, 6) is 1.38. The summed E-state index contributed by atoms with van der Waals surface area (Å²) in [6.45, 7) is 4.16. The maximum atomic E-state index is 11.7. The van der Waals surface area contributed by atoms with E-state index in [-0.39, 0.29) is 5.91 Å². The van der Waals surface area contributed by atoms with Gasteiger partial charge in [-0.3, -0.25) is 4.79 Å². The van der Waals surface area contributed by atoms with Gasteiger partial charge in [-0.1, -0.05) is 26.0 Å². The monoisotopic (exact) mass is 276 g/mol. The minimum absolute atomic E-state index is 0.104. The Balaban J connectivity index is 2.29. The molecule has 0 aliphatic rings.